The molecule has 2 aromatic rings. The van der Waals surface area contributed by atoms with Gasteiger partial charge in [0.05, 0.1) is 33.1 Å². The molecular weight excluding hydrogens is 492 g/mol. The van der Waals surface area contributed by atoms with Gasteiger partial charge in [0.25, 0.3) is 5.91 Å². The number of anilines is 1. The number of benzene rings is 1. The first-order valence-corrected chi connectivity index (χ1v) is 10.2. The standard InChI is InChI=1S/C17H16Cl2F5N3O3S/c1-8(20)31(24)15-12(6-29-2)26-27(16(15)25-13(28)7-30-3)14-10(18)4-9(5-11(14)19)17(21,22)23/h4-5H,6-7H2,1-3H3,(H,25,28). The predicted molar refractivity (Wildman–Crippen MR) is 109 cm³/mol. The minimum atomic E-state index is -4.73. The van der Waals surface area contributed by atoms with Gasteiger partial charge in [-0.25, -0.2) is 9.07 Å². The molecule has 0 saturated carbocycles. The van der Waals surface area contributed by atoms with Crippen LogP contribution >= 0.6 is 34.1 Å². The number of rotatable bonds is 7. The van der Waals surface area contributed by atoms with Gasteiger partial charge in [-0.3, -0.25) is 4.79 Å². The number of carbonyl (C=O) groups excluding carboxylic acids is 1. The van der Waals surface area contributed by atoms with Gasteiger partial charge in [-0.2, -0.15) is 22.2 Å². The first kappa shape index (κ1) is 25.5. The third-order valence-corrected chi connectivity index (χ3v) is 5.56. The first-order chi connectivity index (χ1) is 14.4. The number of alkyl halides is 3. The monoisotopic (exact) mass is 507 g/mol. The summed E-state index contributed by atoms with van der Waals surface area (Å²) in [6.45, 7) is 0.138. The fourth-order valence-corrected chi connectivity index (χ4v) is 4.05. The molecule has 2 rings (SSSR count). The summed E-state index contributed by atoms with van der Waals surface area (Å²) in [4.78, 5) is 11.7. The highest BCUT2D eigenvalue weighted by atomic mass is 35.5. The third-order valence-electron chi connectivity index (χ3n) is 3.71. The quantitative estimate of drug-likeness (QED) is 0.302. The molecule has 0 aliphatic heterocycles. The number of methoxy groups -OCH3 is 2. The van der Waals surface area contributed by atoms with E-state index < -0.39 is 50.3 Å². The number of amides is 1. The van der Waals surface area contributed by atoms with Gasteiger partial charge in [-0.05, 0) is 19.1 Å². The van der Waals surface area contributed by atoms with E-state index in [0.717, 1.165) is 11.6 Å². The molecule has 0 spiro atoms. The van der Waals surface area contributed by atoms with Crippen molar-refractivity contribution in [2.24, 2.45) is 0 Å². The second-order valence-corrected chi connectivity index (χ2v) is 8.26. The Balaban J connectivity index is 2.85. The average Bonchev–Trinajstić information content (AvgIpc) is 2.97. The van der Waals surface area contributed by atoms with Crippen molar-refractivity contribution in [3.05, 3.63) is 33.4 Å². The summed E-state index contributed by atoms with van der Waals surface area (Å²) >= 11 is 12.1. The van der Waals surface area contributed by atoms with Crippen LogP contribution in [0.4, 0.5) is 27.3 Å². The Morgan fingerprint density at radius 1 is 1.23 bits per heavy atom. The Labute approximate surface area is 186 Å². The summed E-state index contributed by atoms with van der Waals surface area (Å²) in [5.74, 6) is -1.14. The van der Waals surface area contributed by atoms with Crippen LogP contribution in [0.15, 0.2) is 17.0 Å². The minimum absolute atomic E-state index is 0.120. The van der Waals surface area contributed by atoms with Gasteiger partial charge in [0.15, 0.2) is 10.9 Å². The van der Waals surface area contributed by atoms with Crippen molar-refractivity contribution >= 4 is 50.9 Å². The van der Waals surface area contributed by atoms with Gasteiger partial charge in [-0.1, -0.05) is 23.2 Å². The predicted octanol–water partition coefficient (Wildman–Crippen LogP) is 5.56. The van der Waals surface area contributed by atoms with E-state index >= 15 is 0 Å². The maximum Gasteiger partial charge on any atom is 0.416 e. The van der Waals surface area contributed by atoms with Crippen molar-refractivity contribution in [3.8, 4) is 5.69 Å². The van der Waals surface area contributed by atoms with Crippen LogP contribution < -0.4 is 5.32 Å². The molecule has 1 heterocycles. The average molecular weight is 508 g/mol. The topological polar surface area (TPSA) is 65.4 Å². The molecule has 0 fully saturated rings. The fraction of sp³-hybridized carbons (Fsp3) is 0.353. The van der Waals surface area contributed by atoms with E-state index in [0.29, 0.717) is 12.1 Å². The molecule has 1 aromatic heterocycles. The highest BCUT2D eigenvalue weighted by Crippen LogP contribution is 2.44. The molecule has 1 N–H and O–H groups in total. The molecule has 0 saturated heterocycles. The molecule has 172 valence electrons. The number of nitrogens with one attached hydrogen (secondary N) is 1. The summed E-state index contributed by atoms with van der Waals surface area (Å²) in [7, 11) is -0.146. The van der Waals surface area contributed by atoms with Crippen LogP contribution in [-0.2, 0) is 27.1 Å². The van der Waals surface area contributed by atoms with Crippen LogP contribution in [0.2, 0.25) is 10.0 Å². The molecule has 0 radical (unpaired) electrons. The van der Waals surface area contributed by atoms with E-state index in [1.54, 1.807) is 0 Å². The summed E-state index contributed by atoms with van der Waals surface area (Å²) in [5.41, 5.74) is -1.52. The van der Waals surface area contributed by atoms with Crippen LogP contribution in [0.25, 0.3) is 5.69 Å². The van der Waals surface area contributed by atoms with Gasteiger partial charge in [0.2, 0.25) is 0 Å². The van der Waals surface area contributed by atoms with Crippen LogP contribution in [0.5, 0.6) is 0 Å². The molecule has 0 aliphatic carbocycles. The van der Waals surface area contributed by atoms with Crippen molar-refractivity contribution in [3.63, 3.8) is 0 Å². The van der Waals surface area contributed by atoms with Crippen LogP contribution in [0, 0.1) is 0 Å². The van der Waals surface area contributed by atoms with E-state index in [1.165, 1.54) is 14.2 Å². The van der Waals surface area contributed by atoms with Gasteiger partial charge in [0, 0.05) is 14.2 Å². The zero-order chi connectivity index (χ0) is 23.5. The number of hydrogen-bond acceptors (Lipinski definition) is 4. The second kappa shape index (κ2) is 10.3. The van der Waals surface area contributed by atoms with E-state index in [-0.39, 0.29) is 28.7 Å². The molecular formula is C17H16Cl2F5N3O3S. The van der Waals surface area contributed by atoms with Crippen molar-refractivity contribution in [1.82, 2.24) is 9.78 Å². The Kier molecular flexibility index (Phi) is 8.45. The summed E-state index contributed by atoms with van der Waals surface area (Å²) < 4.78 is 78.3. The Morgan fingerprint density at radius 2 is 1.81 bits per heavy atom. The zero-order valence-electron chi connectivity index (χ0n) is 16.2. The lowest BCUT2D eigenvalue weighted by molar-refractivity contribution is -0.137. The van der Waals surface area contributed by atoms with Crippen molar-refractivity contribution < 1.29 is 35.7 Å². The Hall–Kier alpha value is -1.73. The van der Waals surface area contributed by atoms with Crippen molar-refractivity contribution in [2.75, 3.05) is 26.1 Å². The SMILES string of the molecule is COCC(=O)Nc1c(/S(F)=C(/C)F)c(COC)nn1-c1c(Cl)cc(C(F)(F)F)cc1Cl. The van der Waals surface area contributed by atoms with Gasteiger partial charge >= 0.3 is 6.18 Å². The van der Waals surface area contributed by atoms with Crippen molar-refractivity contribution in [1.29, 1.82) is 0 Å². The Morgan fingerprint density at radius 3 is 2.26 bits per heavy atom. The van der Waals surface area contributed by atoms with E-state index in [1.807, 2.05) is 0 Å². The van der Waals surface area contributed by atoms with Crippen LogP contribution in [0.1, 0.15) is 18.2 Å². The normalized spacial score (nSPS) is 13.3. The first-order valence-electron chi connectivity index (χ1n) is 8.28. The molecule has 1 unspecified atom stereocenters. The van der Waals surface area contributed by atoms with Crippen LogP contribution in [-0.4, -0.2) is 41.6 Å². The molecule has 0 aliphatic rings. The number of ether oxygens (including phenoxy) is 2. The fourth-order valence-electron chi connectivity index (χ4n) is 2.51. The lowest BCUT2D eigenvalue weighted by Crippen LogP contribution is -2.20. The maximum atomic E-state index is 14.8. The summed E-state index contributed by atoms with van der Waals surface area (Å²) in [6.07, 6.45) is -4.73. The van der Waals surface area contributed by atoms with E-state index in [2.05, 4.69) is 10.4 Å². The summed E-state index contributed by atoms with van der Waals surface area (Å²) in [6, 6.07) is 1.20. The number of hydrogen-bond donors (Lipinski definition) is 1. The molecule has 1 atom stereocenters. The molecule has 14 heteroatoms. The van der Waals surface area contributed by atoms with Gasteiger partial charge in [0.1, 0.15) is 22.9 Å². The minimum Gasteiger partial charge on any atom is -0.378 e. The third kappa shape index (κ3) is 5.75. The van der Waals surface area contributed by atoms with Crippen molar-refractivity contribution in [2.45, 2.75) is 24.6 Å². The molecule has 1 aromatic carbocycles. The molecule has 1 amide bonds. The van der Waals surface area contributed by atoms with Gasteiger partial charge < -0.3 is 14.8 Å². The van der Waals surface area contributed by atoms with E-state index in [4.69, 9.17) is 32.7 Å². The largest absolute Gasteiger partial charge is 0.416 e. The van der Waals surface area contributed by atoms with Crippen LogP contribution in [0.3, 0.4) is 0 Å². The zero-order valence-corrected chi connectivity index (χ0v) is 18.6. The number of aromatic nitrogens is 2. The number of nitrogens with zero attached hydrogens (tertiary/aromatic N) is 2. The molecule has 6 nitrogen and oxygen atoms in total. The second-order valence-electron chi connectivity index (χ2n) is 5.96. The smallest absolute Gasteiger partial charge is 0.378 e. The summed E-state index contributed by atoms with van der Waals surface area (Å²) in [5, 5.41) is 4.30. The van der Waals surface area contributed by atoms with E-state index in [9.17, 15) is 26.2 Å². The molecule has 0 bridgehead atoms. The number of halogens is 7. The lowest BCUT2D eigenvalue weighted by atomic mass is 10.2. The highest BCUT2D eigenvalue weighted by Gasteiger charge is 2.33. The highest BCUT2D eigenvalue weighted by molar-refractivity contribution is 8.11. The number of carbonyl (C=O) groups is 1. The van der Waals surface area contributed by atoms with Gasteiger partial charge in [-0.15, -0.1) is 0 Å². The Bertz CT molecular complexity index is 1000. The molecule has 31 heavy (non-hydrogen) atoms. The lowest BCUT2D eigenvalue weighted by Gasteiger charge is -2.15. The maximum absolute atomic E-state index is 14.8.